The zero-order valence-electron chi connectivity index (χ0n) is 15.0. The molecule has 0 spiro atoms. The predicted molar refractivity (Wildman–Crippen MR) is 109 cm³/mol. The van der Waals surface area contributed by atoms with Gasteiger partial charge in [-0.2, -0.15) is 0 Å². The SMILES string of the molecule is C[C@H](NC(=O)CNC(=O)Cc1cccc2ccccc12)c1cccc(Cl)c1. The van der Waals surface area contributed by atoms with Crippen LogP contribution >= 0.6 is 11.6 Å². The molecule has 138 valence electrons. The molecule has 3 aromatic carbocycles. The number of halogens is 1. The Morgan fingerprint density at radius 1 is 0.963 bits per heavy atom. The highest BCUT2D eigenvalue weighted by Crippen LogP contribution is 2.19. The first kappa shape index (κ1) is 18.9. The quantitative estimate of drug-likeness (QED) is 0.678. The molecule has 27 heavy (non-hydrogen) atoms. The Morgan fingerprint density at radius 2 is 1.70 bits per heavy atom. The molecule has 1 atom stereocenters. The minimum Gasteiger partial charge on any atom is -0.348 e. The third-order valence-electron chi connectivity index (χ3n) is 4.40. The van der Waals surface area contributed by atoms with Gasteiger partial charge in [0.2, 0.25) is 11.8 Å². The minimum atomic E-state index is -0.242. The summed E-state index contributed by atoms with van der Waals surface area (Å²) in [6.07, 6.45) is 0.235. The summed E-state index contributed by atoms with van der Waals surface area (Å²) >= 11 is 5.98. The fraction of sp³-hybridized carbons (Fsp3) is 0.182. The Labute approximate surface area is 163 Å². The molecule has 0 radical (unpaired) electrons. The van der Waals surface area contributed by atoms with Crippen LogP contribution in [0.4, 0.5) is 0 Å². The van der Waals surface area contributed by atoms with Crippen molar-refractivity contribution in [2.45, 2.75) is 19.4 Å². The molecule has 0 aliphatic carbocycles. The van der Waals surface area contributed by atoms with Gasteiger partial charge in [0.05, 0.1) is 19.0 Å². The summed E-state index contributed by atoms with van der Waals surface area (Å²) in [5, 5.41) is 8.31. The molecule has 0 aliphatic rings. The first-order valence-electron chi connectivity index (χ1n) is 8.81. The lowest BCUT2D eigenvalue weighted by atomic mass is 10.0. The third-order valence-corrected chi connectivity index (χ3v) is 4.64. The molecule has 2 N–H and O–H groups in total. The zero-order valence-corrected chi connectivity index (χ0v) is 15.8. The summed E-state index contributed by atoms with van der Waals surface area (Å²) in [5.74, 6) is -0.425. The standard InChI is InChI=1S/C22H21ClN2O2/c1-15(17-8-5-10-19(23)12-17)25-22(27)14-24-21(26)13-18-9-4-7-16-6-2-3-11-20(16)18/h2-12,15H,13-14H2,1H3,(H,24,26)(H,25,27)/t15-/m0/s1. The molecule has 0 saturated carbocycles. The Kier molecular flexibility index (Phi) is 6.09. The molecule has 0 aliphatic heterocycles. The van der Waals surface area contributed by atoms with Gasteiger partial charge in [-0.3, -0.25) is 9.59 Å². The molecule has 0 saturated heterocycles. The van der Waals surface area contributed by atoms with E-state index in [9.17, 15) is 9.59 Å². The van der Waals surface area contributed by atoms with Gasteiger partial charge in [0, 0.05) is 5.02 Å². The smallest absolute Gasteiger partial charge is 0.239 e. The molecule has 2 amide bonds. The van der Waals surface area contributed by atoms with E-state index in [4.69, 9.17) is 11.6 Å². The summed E-state index contributed by atoms with van der Waals surface area (Å²) in [6.45, 7) is 1.82. The highest BCUT2D eigenvalue weighted by molar-refractivity contribution is 6.30. The molecular weight excluding hydrogens is 360 g/mol. The second kappa shape index (κ2) is 8.69. The topological polar surface area (TPSA) is 58.2 Å². The monoisotopic (exact) mass is 380 g/mol. The Balaban J connectivity index is 1.53. The number of hydrogen-bond acceptors (Lipinski definition) is 2. The first-order valence-corrected chi connectivity index (χ1v) is 9.19. The molecule has 3 aromatic rings. The van der Waals surface area contributed by atoms with Crippen LogP contribution < -0.4 is 10.6 Å². The molecule has 0 bridgehead atoms. The van der Waals surface area contributed by atoms with Crippen molar-refractivity contribution in [1.82, 2.24) is 10.6 Å². The average Bonchev–Trinajstić information content (AvgIpc) is 2.67. The first-order chi connectivity index (χ1) is 13.0. The summed E-state index contributed by atoms with van der Waals surface area (Å²) in [5.41, 5.74) is 1.86. The van der Waals surface area contributed by atoms with E-state index in [0.29, 0.717) is 5.02 Å². The lowest BCUT2D eigenvalue weighted by molar-refractivity contribution is -0.126. The van der Waals surface area contributed by atoms with E-state index in [2.05, 4.69) is 10.6 Å². The van der Waals surface area contributed by atoms with Gasteiger partial charge in [0.25, 0.3) is 0 Å². The molecule has 0 unspecified atom stereocenters. The summed E-state index contributed by atoms with van der Waals surface area (Å²) < 4.78 is 0. The second-order valence-electron chi connectivity index (χ2n) is 6.44. The van der Waals surface area contributed by atoms with Crippen LogP contribution in [-0.2, 0) is 16.0 Å². The lowest BCUT2D eigenvalue weighted by Crippen LogP contribution is -2.38. The maximum Gasteiger partial charge on any atom is 0.239 e. The van der Waals surface area contributed by atoms with Gasteiger partial charge in [-0.1, -0.05) is 66.2 Å². The van der Waals surface area contributed by atoms with Gasteiger partial charge in [-0.05, 0) is 41.0 Å². The maximum atomic E-state index is 12.3. The fourth-order valence-electron chi connectivity index (χ4n) is 3.01. The van der Waals surface area contributed by atoms with Crippen molar-refractivity contribution in [3.05, 3.63) is 82.9 Å². The predicted octanol–water partition coefficient (Wildman–Crippen LogP) is 4.03. The number of nitrogens with one attached hydrogen (secondary N) is 2. The number of hydrogen-bond donors (Lipinski definition) is 2. The Morgan fingerprint density at radius 3 is 2.52 bits per heavy atom. The van der Waals surface area contributed by atoms with E-state index < -0.39 is 0 Å². The normalized spacial score (nSPS) is 11.8. The van der Waals surface area contributed by atoms with Crippen LogP contribution in [0.25, 0.3) is 10.8 Å². The van der Waals surface area contributed by atoms with E-state index in [1.807, 2.05) is 67.6 Å². The number of benzene rings is 3. The maximum absolute atomic E-state index is 12.3. The van der Waals surface area contributed by atoms with Crippen LogP contribution in [0.1, 0.15) is 24.1 Å². The Hall–Kier alpha value is -2.85. The van der Waals surface area contributed by atoms with Crippen LogP contribution in [0.2, 0.25) is 5.02 Å². The van der Waals surface area contributed by atoms with Gasteiger partial charge < -0.3 is 10.6 Å². The third kappa shape index (κ3) is 5.08. The van der Waals surface area contributed by atoms with Gasteiger partial charge in [-0.25, -0.2) is 0 Å². The van der Waals surface area contributed by atoms with E-state index in [1.165, 1.54) is 0 Å². The molecule has 5 heteroatoms. The second-order valence-corrected chi connectivity index (χ2v) is 6.87. The highest BCUT2D eigenvalue weighted by Gasteiger charge is 2.12. The van der Waals surface area contributed by atoms with Crippen LogP contribution in [0.15, 0.2) is 66.7 Å². The molecular formula is C22H21ClN2O2. The largest absolute Gasteiger partial charge is 0.348 e. The van der Waals surface area contributed by atoms with Crippen LogP contribution in [0.3, 0.4) is 0 Å². The molecule has 0 fully saturated rings. The molecule has 4 nitrogen and oxygen atoms in total. The van der Waals surface area contributed by atoms with Gasteiger partial charge in [0.1, 0.15) is 0 Å². The van der Waals surface area contributed by atoms with Crippen molar-refractivity contribution in [3.8, 4) is 0 Å². The lowest BCUT2D eigenvalue weighted by Gasteiger charge is -2.15. The van der Waals surface area contributed by atoms with Crippen LogP contribution in [0.5, 0.6) is 0 Å². The number of carbonyl (C=O) groups is 2. The highest BCUT2D eigenvalue weighted by atomic mass is 35.5. The summed E-state index contributed by atoms with van der Waals surface area (Å²) in [7, 11) is 0. The molecule has 0 aromatic heterocycles. The summed E-state index contributed by atoms with van der Waals surface area (Å²) in [4.78, 5) is 24.4. The number of rotatable bonds is 6. The van der Waals surface area contributed by atoms with Crippen molar-refractivity contribution in [2.24, 2.45) is 0 Å². The zero-order chi connectivity index (χ0) is 19.2. The molecule has 3 rings (SSSR count). The minimum absolute atomic E-state index is 0.0610. The van der Waals surface area contributed by atoms with Crippen LogP contribution in [-0.4, -0.2) is 18.4 Å². The Bertz CT molecular complexity index is 966. The van der Waals surface area contributed by atoms with Gasteiger partial charge >= 0.3 is 0 Å². The fourth-order valence-corrected chi connectivity index (χ4v) is 3.21. The van der Waals surface area contributed by atoms with Crippen molar-refractivity contribution < 1.29 is 9.59 Å². The van der Waals surface area contributed by atoms with Crippen molar-refractivity contribution in [2.75, 3.05) is 6.54 Å². The molecule has 0 heterocycles. The van der Waals surface area contributed by atoms with E-state index >= 15 is 0 Å². The number of carbonyl (C=O) groups excluding carboxylic acids is 2. The van der Waals surface area contributed by atoms with E-state index in [0.717, 1.165) is 21.9 Å². The van der Waals surface area contributed by atoms with Crippen molar-refractivity contribution in [1.29, 1.82) is 0 Å². The van der Waals surface area contributed by atoms with Crippen molar-refractivity contribution >= 4 is 34.2 Å². The van der Waals surface area contributed by atoms with Crippen LogP contribution in [0, 0.1) is 0 Å². The van der Waals surface area contributed by atoms with Gasteiger partial charge in [0.15, 0.2) is 0 Å². The average molecular weight is 381 g/mol. The van der Waals surface area contributed by atoms with E-state index in [-0.39, 0.29) is 30.8 Å². The summed E-state index contributed by atoms with van der Waals surface area (Å²) in [6, 6.07) is 21.0. The number of amides is 2. The number of fused-ring (bicyclic) bond motifs is 1. The van der Waals surface area contributed by atoms with Gasteiger partial charge in [-0.15, -0.1) is 0 Å². The van der Waals surface area contributed by atoms with Crippen molar-refractivity contribution in [3.63, 3.8) is 0 Å². The van der Waals surface area contributed by atoms with E-state index in [1.54, 1.807) is 6.07 Å².